The van der Waals surface area contributed by atoms with Crippen molar-refractivity contribution in [1.82, 2.24) is 14.8 Å². The summed E-state index contributed by atoms with van der Waals surface area (Å²) in [5.74, 6) is 1.71. The van der Waals surface area contributed by atoms with E-state index in [1.807, 2.05) is 60.4 Å². The highest BCUT2D eigenvalue weighted by Crippen LogP contribution is 2.26. The van der Waals surface area contributed by atoms with Gasteiger partial charge in [-0.15, -0.1) is 11.3 Å². The zero-order valence-corrected chi connectivity index (χ0v) is 18.7. The molecule has 0 aliphatic carbocycles. The third-order valence-electron chi connectivity index (χ3n) is 5.35. The Kier molecular flexibility index (Phi) is 6.84. The summed E-state index contributed by atoms with van der Waals surface area (Å²) in [5.41, 5.74) is 2.75. The predicted octanol–water partition coefficient (Wildman–Crippen LogP) is 4.18. The van der Waals surface area contributed by atoms with Crippen LogP contribution in [0.5, 0.6) is 11.5 Å². The quantitative estimate of drug-likeness (QED) is 0.555. The van der Waals surface area contributed by atoms with Crippen LogP contribution in [0.25, 0.3) is 11.3 Å². The van der Waals surface area contributed by atoms with E-state index >= 15 is 0 Å². The van der Waals surface area contributed by atoms with Crippen LogP contribution in [-0.2, 0) is 6.54 Å². The third-order valence-corrected chi connectivity index (χ3v) is 6.18. The Morgan fingerprint density at radius 3 is 2.55 bits per heavy atom. The van der Waals surface area contributed by atoms with Crippen LogP contribution in [0.15, 0.2) is 53.9 Å². The van der Waals surface area contributed by atoms with Crippen LogP contribution in [-0.4, -0.2) is 60.6 Å². The molecule has 1 aliphatic heterocycles. The number of rotatable bonds is 7. The highest BCUT2D eigenvalue weighted by atomic mass is 32.1. The Balaban J connectivity index is 1.31. The largest absolute Gasteiger partial charge is 0.497 e. The number of hydrogen-bond acceptors (Lipinski definition) is 6. The van der Waals surface area contributed by atoms with Crippen molar-refractivity contribution >= 4 is 17.2 Å². The van der Waals surface area contributed by atoms with Crippen LogP contribution in [0.3, 0.4) is 0 Å². The van der Waals surface area contributed by atoms with Crippen LogP contribution in [0, 0.1) is 0 Å². The van der Waals surface area contributed by atoms with Gasteiger partial charge in [0.1, 0.15) is 16.5 Å². The molecule has 6 nitrogen and oxygen atoms in total. The molecule has 7 heteroatoms. The third kappa shape index (κ3) is 5.24. The van der Waals surface area contributed by atoms with E-state index in [1.165, 1.54) is 0 Å². The number of methoxy groups -OCH3 is 1. The summed E-state index contributed by atoms with van der Waals surface area (Å²) in [6, 6.07) is 15.4. The zero-order chi connectivity index (χ0) is 21.6. The number of benzene rings is 2. The van der Waals surface area contributed by atoms with Crippen molar-refractivity contribution in [3.8, 4) is 22.8 Å². The summed E-state index contributed by atoms with van der Waals surface area (Å²) >= 11 is 1.67. The predicted molar refractivity (Wildman–Crippen MR) is 123 cm³/mol. The summed E-state index contributed by atoms with van der Waals surface area (Å²) in [5, 5.41) is 3.18. The van der Waals surface area contributed by atoms with Gasteiger partial charge in [-0.25, -0.2) is 4.98 Å². The first kappa shape index (κ1) is 21.3. The molecule has 0 N–H and O–H groups in total. The first-order valence-electron chi connectivity index (χ1n) is 10.5. The normalized spacial score (nSPS) is 14.5. The monoisotopic (exact) mass is 437 g/mol. The highest BCUT2D eigenvalue weighted by Gasteiger charge is 2.23. The highest BCUT2D eigenvalue weighted by molar-refractivity contribution is 7.09. The second-order valence-corrected chi connectivity index (χ2v) is 8.33. The molecule has 3 aromatic rings. The number of piperazine rings is 1. The van der Waals surface area contributed by atoms with Crippen LogP contribution >= 0.6 is 11.3 Å². The van der Waals surface area contributed by atoms with E-state index in [0.717, 1.165) is 60.5 Å². The lowest BCUT2D eigenvalue weighted by molar-refractivity contribution is 0.0628. The second-order valence-electron chi connectivity index (χ2n) is 7.38. The molecule has 0 unspecified atom stereocenters. The van der Waals surface area contributed by atoms with Crippen molar-refractivity contribution in [2.45, 2.75) is 13.5 Å². The number of amides is 1. The average molecular weight is 438 g/mol. The molecule has 31 heavy (non-hydrogen) atoms. The maximum atomic E-state index is 12.8. The minimum absolute atomic E-state index is 0.0808. The zero-order valence-electron chi connectivity index (χ0n) is 17.9. The van der Waals surface area contributed by atoms with Gasteiger partial charge in [0, 0.05) is 42.7 Å². The maximum Gasteiger partial charge on any atom is 0.253 e. The van der Waals surface area contributed by atoms with Gasteiger partial charge >= 0.3 is 0 Å². The molecule has 1 saturated heterocycles. The van der Waals surface area contributed by atoms with Gasteiger partial charge < -0.3 is 14.4 Å². The number of carbonyl (C=O) groups excluding carboxylic acids is 1. The van der Waals surface area contributed by atoms with Gasteiger partial charge in [-0.1, -0.05) is 12.1 Å². The van der Waals surface area contributed by atoms with E-state index < -0.39 is 0 Å². The van der Waals surface area contributed by atoms with Crippen molar-refractivity contribution in [1.29, 1.82) is 0 Å². The first-order chi connectivity index (χ1) is 15.2. The lowest BCUT2D eigenvalue weighted by atomic mass is 10.1. The molecule has 0 radical (unpaired) electrons. The average Bonchev–Trinajstić information content (AvgIpc) is 3.28. The van der Waals surface area contributed by atoms with E-state index in [2.05, 4.69) is 10.3 Å². The first-order valence-corrected chi connectivity index (χ1v) is 11.4. The molecule has 0 bridgehead atoms. The molecule has 0 atom stereocenters. The van der Waals surface area contributed by atoms with Crippen molar-refractivity contribution in [2.24, 2.45) is 0 Å². The molecule has 1 aromatic heterocycles. The number of thiazole rings is 1. The number of aromatic nitrogens is 1. The minimum atomic E-state index is 0.0808. The summed E-state index contributed by atoms with van der Waals surface area (Å²) in [4.78, 5) is 21.9. The van der Waals surface area contributed by atoms with E-state index in [0.29, 0.717) is 12.2 Å². The second kappa shape index (κ2) is 9.94. The fourth-order valence-electron chi connectivity index (χ4n) is 3.64. The SMILES string of the molecule is CCOc1ccc(C(=O)N2CCN(Cc3nc(-c4cccc(OC)c4)cs3)CC2)cc1. The van der Waals surface area contributed by atoms with Gasteiger partial charge in [-0.05, 0) is 43.3 Å². The maximum absolute atomic E-state index is 12.8. The molecule has 1 fully saturated rings. The fourth-order valence-corrected chi connectivity index (χ4v) is 4.49. The topological polar surface area (TPSA) is 54.9 Å². The summed E-state index contributed by atoms with van der Waals surface area (Å²) in [7, 11) is 1.67. The molecule has 4 rings (SSSR count). The Bertz CT molecular complexity index is 1010. The summed E-state index contributed by atoms with van der Waals surface area (Å²) in [6.45, 7) is 6.51. The number of carbonyl (C=O) groups is 1. The summed E-state index contributed by atoms with van der Waals surface area (Å²) < 4.78 is 10.8. The minimum Gasteiger partial charge on any atom is -0.497 e. The lowest BCUT2D eigenvalue weighted by Gasteiger charge is -2.34. The Morgan fingerprint density at radius 1 is 1.06 bits per heavy atom. The molecule has 2 aromatic carbocycles. The Morgan fingerprint density at radius 2 is 1.84 bits per heavy atom. The van der Waals surface area contributed by atoms with Gasteiger partial charge in [0.2, 0.25) is 0 Å². The standard InChI is InChI=1S/C24H27N3O3S/c1-3-30-20-9-7-18(8-10-20)24(28)27-13-11-26(12-14-27)16-23-25-22(17-31-23)19-5-4-6-21(15-19)29-2/h4-10,15,17H,3,11-14,16H2,1-2H3. The van der Waals surface area contributed by atoms with Gasteiger partial charge in [-0.3, -0.25) is 9.69 Å². The molecular formula is C24H27N3O3S. The Hall–Kier alpha value is -2.90. The van der Waals surface area contributed by atoms with Crippen LogP contribution in [0.4, 0.5) is 0 Å². The number of hydrogen-bond donors (Lipinski definition) is 0. The molecule has 1 amide bonds. The van der Waals surface area contributed by atoms with Crippen molar-refractivity contribution in [2.75, 3.05) is 39.9 Å². The van der Waals surface area contributed by atoms with Gasteiger partial charge in [0.05, 0.1) is 26.0 Å². The van der Waals surface area contributed by atoms with E-state index in [-0.39, 0.29) is 5.91 Å². The Labute approximate surface area is 187 Å². The van der Waals surface area contributed by atoms with E-state index in [9.17, 15) is 4.79 Å². The fraction of sp³-hybridized carbons (Fsp3) is 0.333. The van der Waals surface area contributed by atoms with Crippen LogP contribution in [0.2, 0.25) is 0 Å². The molecular weight excluding hydrogens is 410 g/mol. The van der Waals surface area contributed by atoms with Gasteiger partial charge in [-0.2, -0.15) is 0 Å². The van der Waals surface area contributed by atoms with Crippen molar-refractivity contribution in [3.05, 3.63) is 64.5 Å². The smallest absolute Gasteiger partial charge is 0.253 e. The van der Waals surface area contributed by atoms with Gasteiger partial charge in [0.25, 0.3) is 5.91 Å². The number of nitrogens with zero attached hydrogens (tertiary/aromatic N) is 3. The summed E-state index contributed by atoms with van der Waals surface area (Å²) in [6.07, 6.45) is 0. The van der Waals surface area contributed by atoms with Gasteiger partial charge in [0.15, 0.2) is 0 Å². The molecule has 1 aliphatic rings. The molecule has 162 valence electrons. The van der Waals surface area contributed by atoms with Crippen molar-refractivity contribution < 1.29 is 14.3 Å². The van der Waals surface area contributed by atoms with E-state index in [4.69, 9.17) is 14.5 Å². The molecule has 2 heterocycles. The molecule has 0 saturated carbocycles. The van der Waals surface area contributed by atoms with Crippen LogP contribution < -0.4 is 9.47 Å². The van der Waals surface area contributed by atoms with Crippen molar-refractivity contribution in [3.63, 3.8) is 0 Å². The van der Waals surface area contributed by atoms with Crippen LogP contribution in [0.1, 0.15) is 22.3 Å². The van der Waals surface area contributed by atoms with E-state index in [1.54, 1.807) is 18.4 Å². The lowest BCUT2D eigenvalue weighted by Crippen LogP contribution is -2.48. The number of ether oxygens (including phenoxy) is 2. The molecule has 0 spiro atoms.